The van der Waals surface area contributed by atoms with Gasteiger partial charge in [-0.25, -0.2) is 0 Å². The van der Waals surface area contributed by atoms with E-state index in [-0.39, 0.29) is 60.2 Å². The van der Waals surface area contributed by atoms with Gasteiger partial charge in [0.25, 0.3) is 0 Å². The van der Waals surface area contributed by atoms with Gasteiger partial charge in [0, 0.05) is 9.52 Å². The van der Waals surface area contributed by atoms with Gasteiger partial charge in [0.2, 0.25) is 0 Å². The van der Waals surface area contributed by atoms with Crippen LogP contribution in [0.5, 0.6) is 0 Å². The smallest absolute Gasteiger partial charge is 1.00 e. The number of rotatable bonds is 1. The van der Waals surface area contributed by atoms with Crippen LogP contribution in [-0.4, -0.2) is 9.52 Å². The molecule has 0 aliphatic heterocycles. The van der Waals surface area contributed by atoms with E-state index in [1.165, 1.54) is 21.9 Å². The van der Waals surface area contributed by atoms with Crippen molar-refractivity contribution in [3.63, 3.8) is 0 Å². The Morgan fingerprint density at radius 1 is 0.810 bits per heavy atom. The van der Waals surface area contributed by atoms with Gasteiger partial charge in [0.15, 0.2) is 0 Å². The van der Waals surface area contributed by atoms with E-state index in [4.69, 9.17) is 0 Å². The SMILES string of the molecule is C[Si]C.[Br-].[Br-].[Zr+3].c1ccc(-c2cc3ccccc3[cH-]2)cc1. The molecule has 0 fully saturated rings. The standard InChI is InChI=1S/C15H11.C2H6Si.2BrH.Zr/c1-2-6-12(7-3-1)15-10-13-8-4-5-9-14(13)11-15;1-3-2;;;/h1-11H;1-2H3;2*1H;/q-1;;;;+3/p-2. The zero-order valence-corrected chi connectivity index (χ0v) is 18.7. The van der Waals surface area contributed by atoms with Crippen LogP contribution in [0.4, 0.5) is 0 Å². The van der Waals surface area contributed by atoms with E-state index in [0.29, 0.717) is 0 Å². The van der Waals surface area contributed by atoms with Crippen molar-refractivity contribution < 1.29 is 60.2 Å². The Balaban J connectivity index is 0. The molecule has 21 heavy (non-hydrogen) atoms. The molecule has 0 heterocycles. The third kappa shape index (κ3) is 6.81. The fourth-order valence-corrected chi connectivity index (χ4v) is 1.95. The number of fused-ring (bicyclic) bond motifs is 1. The van der Waals surface area contributed by atoms with E-state index in [0.717, 1.165) is 9.52 Å². The average molecular weight is 500 g/mol. The minimum absolute atomic E-state index is 0. The molecular formula is C17H17Br2SiZr. The first kappa shape index (κ1) is 23.4. The average Bonchev–Trinajstić information content (AvgIpc) is 2.84. The maximum atomic E-state index is 2.24. The van der Waals surface area contributed by atoms with Crippen molar-refractivity contribution in [3.8, 4) is 11.1 Å². The van der Waals surface area contributed by atoms with Gasteiger partial charge in [0.1, 0.15) is 0 Å². The van der Waals surface area contributed by atoms with E-state index in [1.807, 2.05) is 6.07 Å². The summed E-state index contributed by atoms with van der Waals surface area (Å²) in [7, 11) is 1.08. The Hall–Kier alpha value is 0.110. The topological polar surface area (TPSA) is 0 Å². The van der Waals surface area contributed by atoms with Gasteiger partial charge in [-0.3, -0.25) is 0 Å². The van der Waals surface area contributed by atoms with Crippen LogP contribution in [0, 0.1) is 0 Å². The number of hydrogen-bond donors (Lipinski definition) is 0. The summed E-state index contributed by atoms with van der Waals surface area (Å²) in [6.07, 6.45) is 0. The van der Waals surface area contributed by atoms with E-state index < -0.39 is 0 Å². The summed E-state index contributed by atoms with van der Waals surface area (Å²) in [5, 5.41) is 2.63. The molecule has 0 saturated heterocycles. The van der Waals surface area contributed by atoms with Crippen LogP contribution in [0.25, 0.3) is 21.9 Å². The van der Waals surface area contributed by atoms with Crippen molar-refractivity contribution >= 4 is 20.3 Å². The number of hydrogen-bond acceptors (Lipinski definition) is 0. The molecule has 3 aromatic rings. The molecule has 3 aromatic carbocycles. The molecule has 0 aromatic heterocycles. The van der Waals surface area contributed by atoms with E-state index in [9.17, 15) is 0 Å². The van der Waals surface area contributed by atoms with Gasteiger partial charge in [-0.05, 0) is 0 Å². The first-order valence-corrected chi connectivity index (χ1v) is 8.14. The second kappa shape index (κ2) is 12.6. The van der Waals surface area contributed by atoms with E-state index in [2.05, 4.69) is 73.8 Å². The van der Waals surface area contributed by atoms with E-state index in [1.54, 1.807) is 0 Å². The molecule has 0 amide bonds. The maximum Gasteiger partial charge on any atom is 3.00 e. The van der Waals surface area contributed by atoms with Crippen molar-refractivity contribution in [3.05, 3.63) is 66.7 Å². The fraction of sp³-hybridized carbons (Fsp3) is 0.118. The summed E-state index contributed by atoms with van der Waals surface area (Å²) in [6, 6.07) is 23.4. The molecule has 0 spiro atoms. The van der Waals surface area contributed by atoms with Crippen molar-refractivity contribution in [1.82, 2.24) is 0 Å². The second-order valence-corrected chi connectivity index (χ2v) is 5.24. The van der Waals surface area contributed by atoms with Gasteiger partial charge < -0.3 is 34.0 Å². The zero-order valence-electron chi connectivity index (χ0n) is 12.1. The molecule has 3 rings (SSSR count). The summed E-state index contributed by atoms with van der Waals surface area (Å²) < 4.78 is 0. The van der Waals surface area contributed by atoms with Crippen LogP contribution in [0.1, 0.15) is 0 Å². The van der Waals surface area contributed by atoms with Crippen molar-refractivity contribution in [2.24, 2.45) is 0 Å². The monoisotopic (exact) mass is 497 g/mol. The molecule has 4 heteroatoms. The molecule has 0 bridgehead atoms. The van der Waals surface area contributed by atoms with Crippen molar-refractivity contribution in [1.29, 1.82) is 0 Å². The van der Waals surface area contributed by atoms with Gasteiger partial charge in [-0.15, -0.1) is 34.5 Å². The summed E-state index contributed by atoms with van der Waals surface area (Å²) in [4.78, 5) is 0. The van der Waals surface area contributed by atoms with Crippen LogP contribution in [0.15, 0.2) is 66.7 Å². The molecule has 0 aliphatic carbocycles. The Morgan fingerprint density at radius 3 is 1.90 bits per heavy atom. The molecule has 0 saturated carbocycles. The minimum Gasteiger partial charge on any atom is -1.00 e. The van der Waals surface area contributed by atoms with Gasteiger partial charge >= 0.3 is 26.2 Å². The first-order valence-electron chi connectivity index (χ1n) is 6.14. The van der Waals surface area contributed by atoms with Gasteiger partial charge in [0.05, 0.1) is 0 Å². The van der Waals surface area contributed by atoms with Crippen molar-refractivity contribution in [2.45, 2.75) is 13.1 Å². The predicted molar refractivity (Wildman–Crippen MR) is 82.5 cm³/mol. The molecule has 0 aliphatic rings. The molecule has 0 nitrogen and oxygen atoms in total. The third-order valence-corrected chi connectivity index (χ3v) is 2.73. The third-order valence-electron chi connectivity index (χ3n) is 2.73. The summed E-state index contributed by atoms with van der Waals surface area (Å²) in [6.45, 7) is 4.31. The summed E-state index contributed by atoms with van der Waals surface area (Å²) >= 11 is 0. The van der Waals surface area contributed by atoms with Crippen LogP contribution in [0.3, 0.4) is 0 Å². The largest absolute Gasteiger partial charge is 3.00 e. The molecule has 107 valence electrons. The van der Waals surface area contributed by atoms with Gasteiger partial charge in [-0.2, -0.15) is 0 Å². The summed E-state index contributed by atoms with van der Waals surface area (Å²) in [5.41, 5.74) is 2.59. The van der Waals surface area contributed by atoms with Crippen LogP contribution in [0.2, 0.25) is 13.1 Å². The minimum atomic E-state index is 0. The van der Waals surface area contributed by atoms with Crippen LogP contribution in [-0.2, 0) is 26.2 Å². The fourth-order valence-electron chi connectivity index (χ4n) is 1.95. The number of halogens is 2. The van der Waals surface area contributed by atoms with Gasteiger partial charge in [-0.1, -0.05) is 67.2 Å². The van der Waals surface area contributed by atoms with Crippen LogP contribution >= 0.6 is 0 Å². The number of benzene rings is 2. The predicted octanol–water partition coefficient (Wildman–Crippen LogP) is -0.982. The Morgan fingerprint density at radius 2 is 1.33 bits per heavy atom. The Labute approximate surface area is 170 Å². The summed E-state index contributed by atoms with van der Waals surface area (Å²) in [5.74, 6) is 0. The Bertz CT molecular complexity index is 575. The second-order valence-electron chi connectivity index (χ2n) is 4.24. The van der Waals surface area contributed by atoms with E-state index >= 15 is 0 Å². The quantitative estimate of drug-likeness (QED) is 0.298. The molecule has 3 radical (unpaired) electrons. The maximum absolute atomic E-state index is 2.24. The zero-order chi connectivity index (χ0) is 12.8. The molecule has 0 atom stereocenters. The first-order chi connectivity index (χ1) is 8.85. The molecular weight excluding hydrogens is 483 g/mol. The molecule has 0 unspecified atom stereocenters. The van der Waals surface area contributed by atoms with Crippen molar-refractivity contribution in [2.75, 3.05) is 0 Å². The molecule has 0 N–H and O–H groups in total. The van der Waals surface area contributed by atoms with Crippen LogP contribution < -0.4 is 34.0 Å². The normalized spacial score (nSPS) is 8.48. The Kier molecular flexibility index (Phi) is 14.1.